The van der Waals surface area contributed by atoms with Gasteiger partial charge in [-0.05, 0) is 6.07 Å². The molecule has 0 radical (unpaired) electrons. The summed E-state index contributed by atoms with van der Waals surface area (Å²) in [6, 6.07) is 7.97. The van der Waals surface area contributed by atoms with E-state index in [0.29, 0.717) is 0 Å². The second-order valence-electron chi connectivity index (χ2n) is 2.78. The fraction of sp³-hybridized carbons (Fsp3) is 0. The van der Waals surface area contributed by atoms with Crippen LogP contribution in [0.4, 0.5) is 0 Å². The van der Waals surface area contributed by atoms with E-state index >= 15 is 0 Å². The molecule has 13 heavy (non-hydrogen) atoms. The average molecular weight is 170 g/mol. The molecule has 0 bridgehead atoms. The second-order valence-corrected chi connectivity index (χ2v) is 2.78. The predicted octanol–water partition coefficient (Wildman–Crippen LogP) is 3.63. The van der Waals surface area contributed by atoms with E-state index in [0.717, 1.165) is 16.5 Å². The minimum atomic E-state index is 0.922. The highest BCUT2D eigenvalue weighted by Gasteiger charge is 1.99. The van der Waals surface area contributed by atoms with Crippen molar-refractivity contribution in [3.63, 3.8) is 0 Å². The lowest BCUT2D eigenvalue weighted by molar-refractivity contribution is 0.615. The van der Waals surface area contributed by atoms with Crippen LogP contribution in [0.1, 0.15) is 5.56 Å². The number of fused-ring (bicyclic) bond motifs is 1. The average Bonchev–Trinajstić information content (AvgIpc) is 2.58. The Hall–Kier alpha value is -1.76. The second kappa shape index (κ2) is 3.31. The molecule has 0 aliphatic heterocycles. The van der Waals surface area contributed by atoms with Crippen LogP contribution >= 0.6 is 0 Å². The predicted molar refractivity (Wildman–Crippen MR) is 55.4 cm³/mol. The molecule has 0 spiro atoms. The smallest absolute Gasteiger partial charge is 0.134 e. The molecule has 0 atom stereocenters. The molecule has 0 N–H and O–H groups in total. The number of hydrogen-bond acceptors (Lipinski definition) is 1. The van der Waals surface area contributed by atoms with E-state index in [9.17, 15) is 0 Å². The zero-order chi connectivity index (χ0) is 9.10. The standard InChI is InChI=1S/C12H10O/c1-2-3-6-10-9-13-12-8-5-4-7-11(10)12/h2-9H,1H2/b6-3-. The van der Waals surface area contributed by atoms with E-state index in [1.165, 1.54) is 0 Å². The number of hydrogen-bond donors (Lipinski definition) is 0. The van der Waals surface area contributed by atoms with Gasteiger partial charge in [0.25, 0.3) is 0 Å². The third-order valence-corrected chi connectivity index (χ3v) is 1.92. The van der Waals surface area contributed by atoms with Gasteiger partial charge >= 0.3 is 0 Å². The van der Waals surface area contributed by atoms with Gasteiger partial charge in [-0.25, -0.2) is 0 Å². The summed E-state index contributed by atoms with van der Waals surface area (Å²) >= 11 is 0. The number of furan rings is 1. The Balaban J connectivity index is 2.57. The highest BCUT2D eigenvalue weighted by molar-refractivity contribution is 5.86. The van der Waals surface area contributed by atoms with Gasteiger partial charge in [-0.15, -0.1) is 0 Å². The highest BCUT2D eigenvalue weighted by atomic mass is 16.3. The summed E-state index contributed by atoms with van der Waals surface area (Å²) in [4.78, 5) is 0. The van der Waals surface area contributed by atoms with Gasteiger partial charge in [-0.2, -0.15) is 0 Å². The van der Waals surface area contributed by atoms with Crippen LogP contribution in [0, 0.1) is 0 Å². The number of benzene rings is 1. The Morgan fingerprint density at radius 3 is 2.92 bits per heavy atom. The van der Waals surface area contributed by atoms with Gasteiger partial charge in [-0.3, -0.25) is 0 Å². The third-order valence-electron chi connectivity index (χ3n) is 1.92. The summed E-state index contributed by atoms with van der Waals surface area (Å²) in [5, 5.41) is 1.14. The minimum absolute atomic E-state index is 0.922. The fourth-order valence-corrected chi connectivity index (χ4v) is 1.30. The van der Waals surface area contributed by atoms with Crippen LogP contribution in [0.15, 0.2) is 53.7 Å². The van der Waals surface area contributed by atoms with Crippen molar-refractivity contribution in [2.24, 2.45) is 0 Å². The molecule has 0 amide bonds. The Labute approximate surface area is 77.0 Å². The van der Waals surface area contributed by atoms with Crippen molar-refractivity contribution in [2.45, 2.75) is 0 Å². The SMILES string of the molecule is C=C/C=C\c1coc2ccccc12. The van der Waals surface area contributed by atoms with Crippen molar-refractivity contribution in [3.05, 3.63) is 54.8 Å². The first-order valence-electron chi connectivity index (χ1n) is 4.17. The first-order valence-corrected chi connectivity index (χ1v) is 4.17. The van der Waals surface area contributed by atoms with E-state index in [4.69, 9.17) is 4.42 Å². The minimum Gasteiger partial charge on any atom is -0.464 e. The van der Waals surface area contributed by atoms with E-state index in [-0.39, 0.29) is 0 Å². The van der Waals surface area contributed by atoms with Crippen molar-refractivity contribution >= 4 is 17.0 Å². The van der Waals surface area contributed by atoms with Crippen LogP contribution < -0.4 is 0 Å². The van der Waals surface area contributed by atoms with Gasteiger partial charge in [0.2, 0.25) is 0 Å². The number of allylic oxidation sites excluding steroid dienone is 2. The normalized spacial score (nSPS) is 11.1. The maximum Gasteiger partial charge on any atom is 0.134 e. The summed E-state index contributed by atoms with van der Waals surface area (Å²) in [7, 11) is 0. The quantitative estimate of drug-likeness (QED) is 0.627. The van der Waals surface area contributed by atoms with Gasteiger partial charge in [0.05, 0.1) is 6.26 Å². The number of para-hydroxylation sites is 1. The highest BCUT2D eigenvalue weighted by Crippen LogP contribution is 2.21. The maximum atomic E-state index is 5.36. The lowest BCUT2D eigenvalue weighted by atomic mass is 10.2. The largest absolute Gasteiger partial charge is 0.464 e. The molecular formula is C12H10O. The van der Waals surface area contributed by atoms with Crippen LogP contribution in [0.2, 0.25) is 0 Å². The van der Waals surface area contributed by atoms with E-state index in [1.54, 1.807) is 12.3 Å². The topological polar surface area (TPSA) is 13.1 Å². The molecule has 0 saturated carbocycles. The van der Waals surface area contributed by atoms with Crippen LogP contribution in [-0.4, -0.2) is 0 Å². The molecule has 64 valence electrons. The molecule has 2 rings (SSSR count). The van der Waals surface area contributed by atoms with Gasteiger partial charge in [0.15, 0.2) is 0 Å². The van der Waals surface area contributed by atoms with Crippen LogP contribution in [-0.2, 0) is 0 Å². The maximum absolute atomic E-state index is 5.36. The van der Waals surface area contributed by atoms with E-state index in [1.807, 2.05) is 36.4 Å². The Kier molecular flexibility index (Phi) is 2.01. The lowest BCUT2D eigenvalue weighted by Crippen LogP contribution is -1.66. The van der Waals surface area contributed by atoms with Crippen LogP contribution in [0.3, 0.4) is 0 Å². The van der Waals surface area contributed by atoms with Gasteiger partial charge in [0, 0.05) is 10.9 Å². The Morgan fingerprint density at radius 2 is 2.08 bits per heavy atom. The molecule has 0 aliphatic rings. The molecular weight excluding hydrogens is 160 g/mol. The molecule has 0 aliphatic carbocycles. The molecule has 1 aromatic heterocycles. The zero-order valence-corrected chi connectivity index (χ0v) is 7.23. The first kappa shape index (κ1) is 7.87. The number of rotatable bonds is 2. The Morgan fingerprint density at radius 1 is 1.23 bits per heavy atom. The summed E-state index contributed by atoms with van der Waals surface area (Å²) in [5.41, 5.74) is 2.02. The van der Waals surface area contributed by atoms with E-state index in [2.05, 4.69) is 6.58 Å². The lowest BCUT2D eigenvalue weighted by Gasteiger charge is -1.86. The zero-order valence-electron chi connectivity index (χ0n) is 7.23. The third kappa shape index (κ3) is 1.41. The molecule has 1 nitrogen and oxygen atoms in total. The molecule has 0 fully saturated rings. The van der Waals surface area contributed by atoms with Crippen molar-refractivity contribution in [1.29, 1.82) is 0 Å². The molecule has 1 aromatic carbocycles. The van der Waals surface area contributed by atoms with Crippen molar-refractivity contribution in [2.75, 3.05) is 0 Å². The van der Waals surface area contributed by atoms with Crippen molar-refractivity contribution in [1.82, 2.24) is 0 Å². The van der Waals surface area contributed by atoms with Crippen LogP contribution in [0.5, 0.6) is 0 Å². The first-order chi connectivity index (χ1) is 6.42. The summed E-state index contributed by atoms with van der Waals surface area (Å²) in [6.45, 7) is 3.62. The summed E-state index contributed by atoms with van der Waals surface area (Å²) < 4.78 is 5.36. The molecule has 2 aromatic rings. The van der Waals surface area contributed by atoms with Crippen LogP contribution in [0.25, 0.3) is 17.0 Å². The van der Waals surface area contributed by atoms with Gasteiger partial charge < -0.3 is 4.42 Å². The Bertz CT molecular complexity index is 449. The monoisotopic (exact) mass is 170 g/mol. The van der Waals surface area contributed by atoms with E-state index < -0.39 is 0 Å². The van der Waals surface area contributed by atoms with Crippen molar-refractivity contribution in [3.8, 4) is 0 Å². The molecule has 0 unspecified atom stereocenters. The molecule has 1 heterocycles. The van der Waals surface area contributed by atoms with Gasteiger partial charge in [0.1, 0.15) is 5.58 Å². The summed E-state index contributed by atoms with van der Waals surface area (Å²) in [5.74, 6) is 0. The fourth-order valence-electron chi connectivity index (χ4n) is 1.30. The van der Waals surface area contributed by atoms with Gasteiger partial charge in [-0.1, -0.05) is 43.0 Å². The van der Waals surface area contributed by atoms with Crippen molar-refractivity contribution < 1.29 is 4.42 Å². The summed E-state index contributed by atoms with van der Waals surface area (Å²) in [6.07, 6.45) is 7.39. The molecule has 0 saturated heterocycles. The molecule has 1 heteroatoms.